The number of hydrogen-bond acceptors (Lipinski definition) is 8. The molecule has 0 spiro atoms. The normalized spacial score (nSPS) is 29.8. The van der Waals surface area contributed by atoms with Gasteiger partial charge in [0.15, 0.2) is 6.10 Å². The predicted molar refractivity (Wildman–Crippen MR) is 89.9 cm³/mol. The van der Waals surface area contributed by atoms with E-state index in [0.717, 1.165) is 16.5 Å². The van der Waals surface area contributed by atoms with Crippen molar-refractivity contribution in [1.82, 2.24) is 4.98 Å². The van der Waals surface area contributed by atoms with Gasteiger partial charge in [-0.15, -0.1) is 0 Å². The number of ether oxygens (including phenoxy) is 2. The van der Waals surface area contributed by atoms with E-state index >= 15 is 0 Å². The molecule has 5 atom stereocenters. The molecule has 1 aromatic heterocycles. The molecule has 1 unspecified atom stereocenters. The second-order valence-electron chi connectivity index (χ2n) is 6.34. The van der Waals surface area contributed by atoms with Gasteiger partial charge < -0.3 is 40.6 Å². The van der Waals surface area contributed by atoms with Crippen molar-refractivity contribution < 1.29 is 34.7 Å². The van der Waals surface area contributed by atoms with Crippen LogP contribution in [0.2, 0.25) is 0 Å². The molecule has 142 valence electrons. The fourth-order valence-corrected chi connectivity index (χ4v) is 3.12. The summed E-state index contributed by atoms with van der Waals surface area (Å²) in [5.74, 6) is -3.07. The lowest BCUT2D eigenvalue weighted by molar-refractivity contribution is -0.265. The van der Waals surface area contributed by atoms with E-state index in [-0.39, 0.29) is 6.42 Å². The topological polar surface area (TPSA) is 158 Å². The summed E-state index contributed by atoms with van der Waals surface area (Å²) >= 11 is 0. The SMILES string of the molecule is N[C@@H](Cc1c[nH]c2ccccc12)C(=O)OC1(CO)O[C@H](CO)[C@@H](O)[C@@H]1O. The molecule has 0 bridgehead atoms. The summed E-state index contributed by atoms with van der Waals surface area (Å²) < 4.78 is 10.3. The molecule has 1 fully saturated rings. The first-order valence-corrected chi connectivity index (χ1v) is 8.21. The van der Waals surface area contributed by atoms with Crippen LogP contribution in [0.4, 0.5) is 0 Å². The molecular formula is C17H22N2O7. The zero-order valence-electron chi connectivity index (χ0n) is 13.9. The minimum Gasteiger partial charge on any atom is -0.426 e. The number of para-hydroxylation sites is 1. The van der Waals surface area contributed by atoms with E-state index in [4.69, 9.17) is 20.3 Å². The van der Waals surface area contributed by atoms with Gasteiger partial charge in [0.05, 0.1) is 6.61 Å². The number of esters is 1. The summed E-state index contributed by atoms with van der Waals surface area (Å²) in [6, 6.07) is 6.44. The van der Waals surface area contributed by atoms with Gasteiger partial charge in [-0.2, -0.15) is 0 Å². The molecule has 0 saturated carbocycles. The van der Waals surface area contributed by atoms with E-state index in [9.17, 15) is 20.1 Å². The first-order chi connectivity index (χ1) is 12.4. The Bertz CT molecular complexity index is 779. The lowest BCUT2D eigenvalue weighted by atomic mass is 10.0. The highest BCUT2D eigenvalue weighted by atomic mass is 16.8. The fourth-order valence-electron chi connectivity index (χ4n) is 3.12. The molecule has 26 heavy (non-hydrogen) atoms. The van der Waals surface area contributed by atoms with Gasteiger partial charge in [0, 0.05) is 23.5 Å². The van der Waals surface area contributed by atoms with E-state index in [1.54, 1.807) is 6.20 Å². The van der Waals surface area contributed by atoms with Gasteiger partial charge in [-0.05, 0) is 11.6 Å². The number of carbonyl (C=O) groups excluding carboxylic acids is 1. The van der Waals surface area contributed by atoms with Crippen LogP contribution in [-0.4, -0.2) is 74.7 Å². The molecule has 0 aliphatic carbocycles. The quantitative estimate of drug-likeness (QED) is 0.333. The van der Waals surface area contributed by atoms with Crippen molar-refractivity contribution in [3.8, 4) is 0 Å². The number of nitrogens with one attached hydrogen (secondary N) is 1. The average molecular weight is 366 g/mol. The third-order valence-corrected chi connectivity index (χ3v) is 4.60. The highest BCUT2D eigenvalue weighted by Gasteiger charge is 2.57. The number of H-pyrrole nitrogens is 1. The first kappa shape index (κ1) is 18.8. The second-order valence-corrected chi connectivity index (χ2v) is 6.34. The number of aliphatic hydroxyl groups excluding tert-OH is 4. The number of nitrogens with two attached hydrogens (primary N) is 1. The Hall–Kier alpha value is -2.01. The molecule has 7 N–H and O–H groups in total. The zero-order valence-corrected chi connectivity index (χ0v) is 13.9. The van der Waals surface area contributed by atoms with Crippen LogP contribution in [0.1, 0.15) is 5.56 Å². The van der Waals surface area contributed by atoms with Crippen LogP contribution in [-0.2, 0) is 20.7 Å². The third-order valence-electron chi connectivity index (χ3n) is 4.60. The van der Waals surface area contributed by atoms with Crippen LogP contribution in [0.5, 0.6) is 0 Å². The Morgan fingerprint density at radius 1 is 1.35 bits per heavy atom. The van der Waals surface area contributed by atoms with Crippen LogP contribution in [0.25, 0.3) is 10.9 Å². The molecule has 0 radical (unpaired) electrons. The van der Waals surface area contributed by atoms with Gasteiger partial charge in [-0.1, -0.05) is 18.2 Å². The number of benzene rings is 1. The molecule has 1 saturated heterocycles. The summed E-state index contributed by atoms with van der Waals surface area (Å²) in [5, 5.41) is 39.5. The van der Waals surface area contributed by atoms with Gasteiger partial charge >= 0.3 is 5.97 Å². The summed E-state index contributed by atoms with van der Waals surface area (Å²) in [7, 11) is 0. The molecule has 1 aliphatic rings. The highest BCUT2D eigenvalue weighted by Crippen LogP contribution is 2.32. The predicted octanol–water partition coefficient (Wildman–Crippen LogP) is -1.62. The number of aromatic amines is 1. The van der Waals surface area contributed by atoms with Crippen molar-refractivity contribution in [2.75, 3.05) is 13.2 Å². The van der Waals surface area contributed by atoms with E-state index in [1.807, 2.05) is 24.3 Å². The van der Waals surface area contributed by atoms with Gasteiger partial charge in [0.25, 0.3) is 5.79 Å². The van der Waals surface area contributed by atoms with E-state index in [2.05, 4.69) is 4.98 Å². The standard InChI is InChI=1S/C17H22N2O7/c18-11(5-9-6-19-12-4-2-1-3-10(9)12)16(24)26-17(8-21)15(23)14(22)13(7-20)25-17/h1-4,6,11,13-15,19-23H,5,7-8,18H2/t11-,13+,14+,15-,17?/m0/s1. The monoisotopic (exact) mass is 366 g/mol. The molecule has 9 nitrogen and oxygen atoms in total. The van der Waals surface area contributed by atoms with Crippen LogP contribution in [0.15, 0.2) is 30.5 Å². The first-order valence-electron chi connectivity index (χ1n) is 8.21. The molecule has 0 amide bonds. The summed E-state index contributed by atoms with van der Waals surface area (Å²) in [5.41, 5.74) is 7.63. The molecule has 1 aromatic carbocycles. The van der Waals surface area contributed by atoms with Gasteiger partial charge in [0.2, 0.25) is 0 Å². The van der Waals surface area contributed by atoms with Gasteiger partial charge in [-0.25, -0.2) is 0 Å². The zero-order chi connectivity index (χ0) is 18.9. The van der Waals surface area contributed by atoms with Crippen molar-refractivity contribution in [2.45, 2.75) is 36.6 Å². The molecular weight excluding hydrogens is 344 g/mol. The lowest BCUT2D eigenvalue weighted by Crippen LogP contribution is -2.52. The van der Waals surface area contributed by atoms with Crippen LogP contribution < -0.4 is 5.73 Å². The van der Waals surface area contributed by atoms with E-state index in [0.29, 0.717) is 0 Å². The Balaban J connectivity index is 1.72. The maximum atomic E-state index is 12.4. The molecule has 3 rings (SSSR count). The minimum atomic E-state index is -2.16. The number of hydrogen-bond donors (Lipinski definition) is 6. The van der Waals surface area contributed by atoms with Crippen LogP contribution >= 0.6 is 0 Å². The summed E-state index contributed by atoms with van der Waals surface area (Å²) in [6.45, 7) is -1.51. The number of aromatic nitrogens is 1. The molecule has 2 aromatic rings. The van der Waals surface area contributed by atoms with E-state index < -0.39 is 49.3 Å². The lowest BCUT2D eigenvalue weighted by Gasteiger charge is -2.30. The number of carbonyl (C=O) groups is 1. The number of aliphatic hydroxyl groups is 4. The molecule has 9 heteroatoms. The molecule has 1 aliphatic heterocycles. The minimum absolute atomic E-state index is 0.159. The molecule has 2 heterocycles. The smallest absolute Gasteiger partial charge is 0.325 e. The third kappa shape index (κ3) is 3.20. The van der Waals surface area contributed by atoms with Crippen molar-refractivity contribution in [1.29, 1.82) is 0 Å². The summed E-state index contributed by atoms with van der Waals surface area (Å²) in [4.78, 5) is 15.4. The fraction of sp³-hybridized carbons (Fsp3) is 0.471. The second kappa shape index (κ2) is 7.31. The van der Waals surface area contributed by atoms with Crippen molar-refractivity contribution >= 4 is 16.9 Å². The number of rotatable bonds is 6. The maximum Gasteiger partial charge on any atom is 0.325 e. The Morgan fingerprint density at radius 3 is 2.73 bits per heavy atom. The van der Waals surface area contributed by atoms with Crippen LogP contribution in [0.3, 0.4) is 0 Å². The Kier molecular flexibility index (Phi) is 5.28. The Morgan fingerprint density at radius 2 is 2.08 bits per heavy atom. The van der Waals surface area contributed by atoms with Crippen LogP contribution in [0, 0.1) is 0 Å². The van der Waals surface area contributed by atoms with Crippen molar-refractivity contribution in [2.24, 2.45) is 5.73 Å². The average Bonchev–Trinajstić information content (AvgIpc) is 3.16. The van der Waals surface area contributed by atoms with Gasteiger partial charge in [-0.3, -0.25) is 4.79 Å². The number of fused-ring (bicyclic) bond motifs is 1. The highest BCUT2D eigenvalue weighted by molar-refractivity contribution is 5.84. The summed E-state index contributed by atoms with van der Waals surface area (Å²) in [6.07, 6.45) is -2.51. The largest absolute Gasteiger partial charge is 0.426 e. The maximum absolute atomic E-state index is 12.4. The van der Waals surface area contributed by atoms with E-state index in [1.165, 1.54) is 0 Å². The Labute approximate surface area is 149 Å². The van der Waals surface area contributed by atoms with Crippen molar-refractivity contribution in [3.63, 3.8) is 0 Å². The van der Waals surface area contributed by atoms with Gasteiger partial charge in [0.1, 0.15) is 24.9 Å². The van der Waals surface area contributed by atoms with Crippen molar-refractivity contribution in [3.05, 3.63) is 36.0 Å².